The summed E-state index contributed by atoms with van der Waals surface area (Å²) in [5.74, 6) is 0.696. The van der Waals surface area contributed by atoms with Crippen LogP contribution in [0.4, 0.5) is 0 Å². The molecule has 4 rings (SSSR count). The molecule has 0 fully saturated rings. The zero-order valence-corrected chi connectivity index (χ0v) is 16.4. The van der Waals surface area contributed by atoms with Gasteiger partial charge >= 0.3 is 0 Å². The summed E-state index contributed by atoms with van der Waals surface area (Å²) < 4.78 is 33.2. The second-order valence-corrected chi connectivity index (χ2v) is 8.94. The van der Waals surface area contributed by atoms with E-state index in [0.717, 1.165) is 29.5 Å². The fraction of sp³-hybridized carbons (Fsp3) is 0.263. The zero-order chi connectivity index (χ0) is 18.6. The van der Waals surface area contributed by atoms with E-state index in [9.17, 15) is 8.42 Å². The Kier molecular flexibility index (Phi) is 4.02. The SMILES string of the molecule is COc1cc2c3c(c1)c(CCN(C)C)cn3S(=O)(=O)c1ccc(Cl)cc1-2. The standard InChI is InChI=1S/C19H19ClN2O3S/c1-21(2)7-6-12-11-22-19-15(12)9-14(25-3)10-17(19)16-8-13(20)4-5-18(16)26(22,23)24/h4-5,8-11H,6-7H2,1-3H3. The maximum absolute atomic E-state index is 13.2. The highest BCUT2D eigenvalue weighted by Crippen LogP contribution is 2.44. The van der Waals surface area contributed by atoms with Crippen LogP contribution in [0.25, 0.3) is 22.0 Å². The molecule has 0 N–H and O–H groups in total. The second-order valence-electron chi connectivity index (χ2n) is 6.72. The summed E-state index contributed by atoms with van der Waals surface area (Å²) in [6.45, 7) is 0.824. The summed E-state index contributed by atoms with van der Waals surface area (Å²) in [5, 5.41) is 1.40. The molecule has 2 heterocycles. The lowest BCUT2D eigenvalue weighted by molar-refractivity contribution is 0.413. The molecule has 1 aliphatic heterocycles. The summed E-state index contributed by atoms with van der Waals surface area (Å²) in [4.78, 5) is 2.34. The van der Waals surface area contributed by atoms with Crippen LogP contribution in [0.5, 0.6) is 5.75 Å². The van der Waals surface area contributed by atoms with Crippen LogP contribution in [-0.2, 0) is 16.4 Å². The Balaban J connectivity index is 2.09. The van der Waals surface area contributed by atoms with E-state index >= 15 is 0 Å². The van der Waals surface area contributed by atoms with Crippen LogP contribution in [0.2, 0.25) is 5.02 Å². The molecule has 7 heteroatoms. The molecule has 0 atom stereocenters. The van der Waals surface area contributed by atoms with Gasteiger partial charge in [0.1, 0.15) is 5.75 Å². The first kappa shape index (κ1) is 17.4. The van der Waals surface area contributed by atoms with Crippen molar-refractivity contribution in [1.29, 1.82) is 0 Å². The predicted molar refractivity (Wildman–Crippen MR) is 104 cm³/mol. The molecule has 3 aromatic rings. The molecular formula is C19H19ClN2O3S. The first-order valence-electron chi connectivity index (χ1n) is 8.25. The molecule has 0 saturated carbocycles. The van der Waals surface area contributed by atoms with Gasteiger partial charge in [-0.3, -0.25) is 0 Å². The number of fused-ring (bicyclic) bond motifs is 2. The third-order valence-electron chi connectivity index (χ3n) is 4.76. The van der Waals surface area contributed by atoms with Crippen LogP contribution in [-0.4, -0.2) is 45.0 Å². The molecule has 136 valence electrons. The van der Waals surface area contributed by atoms with Crippen LogP contribution in [0.1, 0.15) is 5.56 Å². The number of halogens is 1. The van der Waals surface area contributed by atoms with Gasteiger partial charge < -0.3 is 9.64 Å². The van der Waals surface area contributed by atoms with Crippen LogP contribution in [0.3, 0.4) is 0 Å². The number of ether oxygens (including phenoxy) is 1. The summed E-state index contributed by atoms with van der Waals surface area (Å²) in [7, 11) is 1.95. The maximum Gasteiger partial charge on any atom is 0.268 e. The molecular weight excluding hydrogens is 372 g/mol. The lowest BCUT2D eigenvalue weighted by Crippen LogP contribution is -2.17. The highest BCUT2D eigenvalue weighted by molar-refractivity contribution is 7.90. The molecule has 5 nitrogen and oxygen atoms in total. The van der Waals surface area contributed by atoms with Gasteiger partial charge in [0.15, 0.2) is 0 Å². The topological polar surface area (TPSA) is 51.5 Å². The van der Waals surface area contributed by atoms with Crippen LogP contribution in [0.15, 0.2) is 41.4 Å². The van der Waals surface area contributed by atoms with Crippen LogP contribution in [0, 0.1) is 0 Å². The molecule has 1 aliphatic rings. The molecule has 26 heavy (non-hydrogen) atoms. The van der Waals surface area contributed by atoms with Crippen molar-refractivity contribution in [3.05, 3.63) is 47.1 Å². The quantitative estimate of drug-likeness (QED) is 0.534. The number of hydrogen-bond acceptors (Lipinski definition) is 4. The van der Waals surface area contributed by atoms with E-state index < -0.39 is 10.0 Å². The van der Waals surface area contributed by atoms with Gasteiger partial charge in [-0.2, -0.15) is 0 Å². The van der Waals surface area contributed by atoms with Crippen LogP contribution < -0.4 is 4.74 Å². The summed E-state index contributed by atoms with van der Waals surface area (Å²) in [6.07, 6.45) is 2.49. The third kappa shape index (κ3) is 2.52. The lowest BCUT2D eigenvalue weighted by Gasteiger charge is -2.20. The van der Waals surface area contributed by atoms with Gasteiger partial charge in [-0.25, -0.2) is 12.4 Å². The number of hydrogen-bond donors (Lipinski definition) is 0. The first-order valence-corrected chi connectivity index (χ1v) is 10.1. The minimum absolute atomic E-state index is 0.263. The van der Waals surface area contributed by atoms with E-state index in [-0.39, 0.29) is 4.90 Å². The molecule has 1 aromatic heterocycles. The van der Waals surface area contributed by atoms with Crippen molar-refractivity contribution in [3.63, 3.8) is 0 Å². The molecule has 0 amide bonds. The fourth-order valence-corrected chi connectivity index (χ4v) is 5.24. The largest absolute Gasteiger partial charge is 0.497 e. The Labute approximate surface area is 157 Å². The molecule has 0 bridgehead atoms. The van der Waals surface area contributed by atoms with Gasteiger partial charge in [0.25, 0.3) is 10.0 Å². The number of rotatable bonds is 4. The van der Waals surface area contributed by atoms with E-state index in [1.165, 1.54) is 3.97 Å². The molecule has 0 unspecified atom stereocenters. The van der Waals surface area contributed by atoms with E-state index in [1.54, 1.807) is 31.5 Å². The number of likely N-dealkylation sites (N-methyl/N-ethyl adjacent to an activating group) is 1. The number of nitrogens with zero attached hydrogens (tertiary/aromatic N) is 2. The number of methoxy groups -OCH3 is 1. The molecule has 0 radical (unpaired) electrons. The average Bonchev–Trinajstić information content (AvgIpc) is 2.97. The van der Waals surface area contributed by atoms with Crippen molar-refractivity contribution in [2.24, 2.45) is 0 Å². The van der Waals surface area contributed by atoms with Gasteiger partial charge in [-0.05, 0) is 56.4 Å². The maximum atomic E-state index is 13.2. The molecule has 0 spiro atoms. The Morgan fingerprint density at radius 2 is 1.92 bits per heavy atom. The minimum atomic E-state index is -3.66. The van der Waals surface area contributed by atoms with Crippen molar-refractivity contribution >= 4 is 32.5 Å². The monoisotopic (exact) mass is 390 g/mol. The second kappa shape index (κ2) is 6.01. The zero-order valence-electron chi connectivity index (χ0n) is 14.8. The van der Waals surface area contributed by atoms with Crippen molar-refractivity contribution in [2.75, 3.05) is 27.7 Å². The molecule has 2 aromatic carbocycles. The van der Waals surface area contributed by atoms with Gasteiger partial charge in [0.05, 0.1) is 17.5 Å². The summed E-state index contributed by atoms with van der Waals surface area (Å²) >= 11 is 6.16. The summed E-state index contributed by atoms with van der Waals surface area (Å²) in [5.41, 5.74) is 3.11. The lowest BCUT2D eigenvalue weighted by atomic mass is 10.00. The van der Waals surface area contributed by atoms with E-state index in [0.29, 0.717) is 21.9 Å². The van der Waals surface area contributed by atoms with Crippen molar-refractivity contribution < 1.29 is 13.2 Å². The first-order chi connectivity index (χ1) is 12.3. The average molecular weight is 391 g/mol. The summed E-state index contributed by atoms with van der Waals surface area (Å²) in [6, 6.07) is 8.67. The Bertz CT molecular complexity index is 1130. The van der Waals surface area contributed by atoms with Gasteiger partial charge in [-0.1, -0.05) is 11.6 Å². The van der Waals surface area contributed by atoms with E-state index in [4.69, 9.17) is 16.3 Å². The molecule has 0 saturated heterocycles. The molecule has 0 aliphatic carbocycles. The smallest absolute Gasteiger partial charge is 0.268 e. The van der Waals surface area contributed by atoms with Crippen molar-refractivity contribution in [1.82, 2.24) is 8.87 Å². The predicted octanol–water partition coefficient (Wildman–Crippen LogP) is 3.62. The van der Waals surface area contributed by atoms with Crippen molar-refractivity contribution in [3.8, 4) is 16.9 Å². The third-order valence-corrected chi connectivity index (χ3v) is 6.71. The van der Waals surface area contributed by atoms with E-state index in [1.807, 2.05) is 26.2 Å². The van der Waals surface area contributed by atoms with Gasteiger partial charge in [0, 0.05) is 34.3 Å². The van der Waals surface area contributed by atoms with Gasteiger partial charge in [0.2, 0.25) is 0 Å². The van der Waals surface area contributed by atoms with Crippen molar-refractivity contribution in [2.45, 2.75) is 11.3 Å². The Morgan fingerprint density at radius 1 is 1.15 bits per heavy atom. The fourth-order valence-electron chi connectivity index (χ4n) is 3.47. The Morgan fingerprint density at radius 3 is 2.62 bits per heavy atom. The van der Waals surface area contributed by atoms with E-state index in [2.05, 4.69) is 4.90 Å². The Hall–Kier alpha value is -2.02. The normalized spacial score (nSPS) is 14.7. The van der Waals surface area contributed by atoms with Gasteiger partial charge in [-0.15, -0.1) is 0 Å². The highest BCUT2D eigenvalue weighted by atomic mass is 35.5. The number of benzene rings is 2. The minimum Gasteiger partial charge on any atom is -0.497 e. The van der Waals surface area contributed by atoms with Crippen LogP contribution >= 0.6 is 11.6 Å². The highest BCUT2D eigenvalue weighted by Gasteiger charge is 2.32. The number of aromatic nitrogens is 1.